The van der Waals surface area contributed by atoms with Gasteiger partial charge in [-0.3, -0.25) is 14.3 Å². The molecule has 3 heterocycles. The average molecular weight is 302 g/mol. The van der Waals surface area contributed by atoms with Gasteiger partial charge >= 0.3 is 0 Å². The van der Waals surface area contributed by atoms with Gasteiger partial charge in [-0.15, -0.1) is 0 Å². The van der Waals surface area contributed by atoms with E-state index in [2.05, 4.69) is 20.4 Å². The number of rotatable bonds is 4. The van der Waals surface area contributed by atoms with E-state index in [1.54, 1.807) is 30.3 Å². The predicted octanol–water partition coefficient (Wildman–Crippen LogP) is 0.216. The Kier molecular flexibility index (Phi) is 3.90. The van der Waals surface area contributed by atoms with Gasteiger partial charge in [0.15, 0.2) is 0 Å². The molecule has 22 heavy (non-hydrogen) atoms. The fourth-order valence-electron chi connectivity index (χ4n) is 2.51. The maximum atomic E-state index is 12.1. The first-order chi connectivity index (χ1) is 10.6. The fraction of sp³-hybridized carbons (Fsp3) is 0.429. The van der Waals surface area contributed by atoms with Crippen LogP contribution in [-0.4, -0.2) is 38.6 Å². The molecule has 8 nitrogen and oxygen atoms in total. The van der Waals surface area contributed by atoms with Crippen molar-refractivity contribution in [3.05, 3.63) is 35.0 Å². The van der Waals surface area contributed by atoms with E-state index in [0.29, 0.717) is 5.69 Å². The first-order valence-corrected chi connectivity index (χ1v) is 7.22. The molecule has 3 rings (SSSR count). The molecule has 2 aromatic rings. The Labute approximate surface area is 127 Å². The summed E-state index contributed by atoms with van der Waals surface area (Å²) < 4.78 is 2.75. The lowest BCUT2D eigenvalue weighted by atomic mass is 10.4. The lowest BCUT2D eigenvalue weighted by Gasteiger charge is -2.16. The summed E-state index contributed by atoms with van der Waals surface area (Å²) in [7, 11) is 1.76. The van der Waals surface area contributed by atoms with Crippen LogP contribution in [0.3, 0.4) is 0 Å². The summed E-state index contributed by atoms with van der Waals surface area (Å²) in [6.45, 7) is 1.78. The summed E-state index contributed by atoms with van der Waals surface area (Å²) >= 11 is 0. The highest BCUT2D eigenvalue weighted by Crippen LogP contribution is 2.16. The Morgan fingerprint density at radius 2 is 2.05 bits per heavy atom. The highest BCUT2D eigenvalue weighted by Gasteiger charge is 2.14. The minimum atomic E-state index is -0.309. The summed E-state index contributed by atoms with van der Waals surface area (Å²) in [6.07, 6.45) is 7.15. The van der Waals surface area contributed by atoms with Gasteiger partial charge in [-0.2, -0.15) is 10.2 Å². The van der Waals surface area contributed by atoms with Crippen molar-refractivity contribution in [3.8, 4) is 0 Å². The summed E-state index contributed by atoms with van der Waals surface area (Å²) in [5.41, 5.74) is 1.14. The lowest BCUT2D eigenvalue weighted by Crippen LogP contribution is -2.30. The zero-order chi connectivity index (χ0) is 15.5. The molecule has 0 saturated carbocycles. The topological polar surface area (TPSA) is 85.0 Å². The number of carbonyl (C=O) groups is 1. The molecule has 8 heteroatoms. The summed E-state index contributed by atoms with van der Waals surface area (Å²) in [5.74, 6) is -0.309. The zero-order valence-corrected chi connectivity index (χ0v) is 12.4. The Morgan fingerprint density at radius 3 is 2.68 bits per heavy atom. The molecule has 1 fully saturated rings. The maximum Gasteiger partial charge on any atom is 0.269 e. The van der Waals surface area contributed by atoms with E-state index >= 15 is 0 Å². The second-order valence-electron chi connectivity index (χ2n) is 5.35. The third-order valence-corrected chi connectivity index (χ3v) is 3.61. The summed E-state index contributed by atoms with van der Waals surface area (Å²) in [5, 5.41) is 10.7. The van der Waals surface area contributed by atoms with E-state index < -0.39 is 0 Å². The van der Waals surface area contributed by atoms with Gasteiger partial charge < -0.3 is 10.2 Å². The molecule has 0 radical (unpaired) electrons. The van der Waals surface area contributed by atoms with Gasteiger partial charge in [0.05, 0.1) is 23.8 Å². The summed E-state index contributed by atoms with van der Waals surface area (Å²) in [4.78, 5) is 26.1. The van der Waals surface area contributed by atoms with Crippen LogP contribution in [0.15, 0.2) is 29.5 Å². The largest absolute Gasteiger partial charge is 0.370 e. The van der Waals surface area contributed by atoms with Crippen molar-refractivity contribution in [3.63, 3.8) is 0 Å². The first-order valence-electron chi connectivity index (χ1n) is 7.22. The van der Waals surface area contributed by atoms with Crippen molar-refractivity contribution in [1.29, 1.82) is 0 Å². The number of amides is 1. The van der Waals surface area contributed by atoms with Crippen LogP contribution < -0.4 is 15.8 Å². The van der Waals surface area contributed by atoms with Crippen molar-refractivity contribution < 1.29 is 4.79 Å². The minimum Gasteiger partial charge on any atom is -0.370 e. The second-order valence-corrected chi connectivity index (χ2v) is 5.35. The van der Waals surface area contributed by atoms with E-state index in [-0.39, 0.29) is 18.0 Å². The van der Waals surface area contributed by atoms with Gasteiger partial charge in [0.2, 0.25) is 5.91 Å². The molecule has 1 N–H and O–H groups in total. The first kappa shape index (κ1) is 14.3. The number of nitrogens with zero attached hydrogens (tertiary/aromatic N) is 5. The number of aryl methyl sites for hydroxylation is 1. The second kappa shape index (κ2) is 6.00. The Hall–Kier alpha value is -2.64. The van der Waals surface area contributed by atoms with Gasteiger partial charge in [-0.05, 0) is 12.8 Å². The smallest absolute Gasteiger partial charge is 0.269 e. The quantitative estimate of drug-likeness (QED) is 0.873. The molecule has 0 atom stereocenters. The third kappa shape index (κ3) is 3.16. The monoisotopic (exact) mass is 302 g/mol. The van der Waals surface area contributed by atoms with Crippen LogP contribution in [0.4, 0.5) is 11.4 Å². The highest BCUT2D eigenvalue weighted by atomic mass is 16.2. The molecular weight excluding hydrogens is 284 g/mol. The van der Waals surface area contributed by atoms with E-state index in [0.717, 1.165) is 36.3 Å². The van der Waals surface area contributed by atoms with Gasteiger partial charge in [-0.25, -0.2) is 4.68 Å². The van der Waals surface area contributed by atoms with Crippen molar-refractivity contribution in [2.75, 3.05) is 23.3 Å². The number of aromatic nitrogens is 4. The molecule has 0 aliphatic carbocycles. The van der Waals surface area contributed by atoms with E-state index in [4.69, 9.17) is 0 Å². The number of hydrogen-bond donors (Lipinski definition) is 1. The van der Waals surface area contributed by atoms with Crippen LogP contribution in [0.5, 0.6) is 0 Å². The van der Waals surface area contributed by atoms with Gasteiger partial charge in [-0.1, -0.05) is 0 Å². The molecule has 0 bridgehead atoms. The number of hydrogen-bond acceptors (Lipinski definition) is 5. The van der Waals surface area contributed by atoms with Crippen molar-refractivity contribution in [1.82, 2.24) is 19.6 Å². The predicted molar refractivity (Wildman–Crippen MR) is 81.8 cm³/mol. The van der Waals surface area contributed by atoms with Gasteiger partial charge in [0.25, 0.3) is 5.56 Å². The van der Waals surface area contributed by atoms with E-state index in [1.807, 2.05) is 0 Å². The number of nitrogens with one attached hydrogen (secondary N) is 1. The minimum absolute atomic E-state index is 0.117. The van der Waals surface area contributed by atoms with Gasteiger partial charge in [0.1, 0.15) is 6.54 Å². The van der Waals surface area contributed by atoms with Crippen LogP contribution in [0, 0.1) is 0 Å². The Morgan fingerprint density at radius 1 is 1.27 bits per heavy atom. The molecule has 1 aliphatic rings. The number of carbonyl (C=O) groups excluding carboxylic acids is 1. The Balaban J connectivity index is 1.67. The van der Waals surface area contributed by atoms with Gasteiger partial charge in [0, 0.05) is 32.4 Å². The fourth-order valence-corrected chi connectivity index (χ4v) is 2.51. The third-order valence-electron chi connectivity index (χ3n) is 3.61. The van der Waals surface area contributed by atoms with Crippen LogP contribution in [0.1, 0.15) is 12.8 Å². The molecule has 1 amide bonds. The molecule has 0 aromatic carbocycles. The van der Waals surface area contributed by atoms with Crippen LogP contribution >= 0.6 is 0 Å². The number of anilines is 2. The lowest BCUT2D eigenvalue weighted by molar-refractivity contribution is -0.117. The highest BCUT2D eigenvalue weighted by molar-refractivity contribution is 5.90. The molecule has 0 unspecified atom stereocenters. The van der Waals surface area contributed by atoms with E-state index in [9.17, 15) is 9.59 Å². The summed E-state index contributed by atoms with van der Waals surface area (Å²) in [6, 6.07) is 1.54. The molecule has 2 aromatic heterocycles. The van der Waals surface area contributed by atoms with Crippen LogP contribution in [0.2, 0.25) is 0 Å². The Bertz CT molecular complexity index is 729. The van der Waals surface area contributed by atoms with E-state index in [1.165, 1.54) is 6.07 Å². The molecule has 116 valence electrons. The van der Waals surface area contributed by atoms with Crippen LogP contribution in [-0.2, 0) is 18.4 Å². The van der Waals surface area contributed by atoms with Crippen molar-refractivity contribution in [2.45, 2.75) is 19.4 Å². The molecular formula is C14H18N6O2. The van der Waals surface area contributed by atoms with Crippen molar-refractivity contribution in [2.24, 2.45) is 7.05 Å². The van der Waals surface area contributed by atoms with Crippen LogP contribution in [0.25, 0.3) is 0 Å². The standard InChI is InChI=1S/C14H18N6O2/c1-18-9-11(7-15-18)17-13(21)10-20-14(22)6-12(8-16-20)19-4-2-3-5-19/h6-9H,2-5,10H2,1H3,(H,17,21). The molecule has 1 saturated heterocycles. The average Bonchev–Trinajstić information content (AvgIpc) is 3.13. The molecule has 0 spiro atoms. The van der Waals surface area contributed by atoms with Crippen molar-refractivity contribution >= 4 is 17.3 Å². The molecule has 1 aliphatic heterocycles. The maximum absolute atomic E-state index is 12.1. The zero-order valence-electron chi connectivity index (χ0n) is 12.4. The SMILES string of the molecule is Cn1cc(NC(=O)Cn2ncc(N3CCCC3)cc2=O)cn1. The normalized spacial score (nSPS) is 14.3.